The number of ether oxygens (including phenoxy) is 1. The first-order valence-electron chi connectivity index (χ1n) is 5.20. The molecule has 0 unspecified atom stereocenters. The van der Waals surface area contributed by atoms with Crippen molar-refractivity contribution in [1.82, 2.24) is 10.2 Å². The van der Waals surface area contributed by atoms with E-state index in [1.54, 1.807) is 0 Å². The Morgan fingerprint density at radius 3 is 2.64 bits per heavy atom. The van der Waals surface area contributed by atoms with Crippen LogP contribution in [0.25, 0.3) is 0 Å². The SMILES string of the molecule is CC(C)(C)OC(=O)N1CC[C@@H]2NC[C@H]21. The van der Waals surface area contributed by atoms with Crippen LogP contribution in [-0.4, -0.2) is 41.8 Å². The largest absolute Gasteiger partial charge is 0.444 e. The van der Waals surface area contributed by atoms with Crippen molar-refractivity contribution in [3.8, 4) is 0 Å². The Bertz CT molecular complexity index is 247. The minimum absolute atomic E-state index is 0.161. The Balaban J connectivity index is 1.92. The molecule has 0 aromatic heterocycles. The molecule has 2 rings (SSSR count). The van der Waals surface area contributed by atoms with Crippen LogP contribution in [0.15, 0.2) is 0 Å². The van der Waals surface area contributed by atoms with Crippen LogP contribution < -0.4 is 5.32 Å². The third kappa shape index (κ3) is 1.71. The van der Waals surface area contributed by atoms with E-state index in [9.17, 15) is 4.79 Å². The maximum atomic E-state index is 11.7. The molecule has 4 nitrogen and oxygen atoms in total. The van der Waals surface area contributed by atoms with Crippen LogP contribution >= 0.6 is 0 Å². The average molecular weight is 198 g/mol. The first-order chi connectivity index (χ1) is 6.47. The number of hydrogen-bond acceptors (Lipinski definition) is 3. The van der Waals surface area contributed by atoms with Gasteiger partial charge < -0.3 is 15.0 Å². The van der Waals surface area contributed by atoms with Crippen molar-refractivity contribution in [3.63, 3.8) is 0 Å². The van der Waals surface area contributed by atoms with Gasteiger partial charge in [0.1, 0.15) is 5.60 Å². The fraction of sp³-hybridized carbons (Fsp3) is 0.900. The summed E-state index contributed by atoms with van der Waals surface area (Å²) in [6.45, 7) is 7.45. The Hall–Kier alpha value is -0.770. The van der Waals surface area contributed by atoms with E-state index < -0.39 is 0 Å². The first kappa shape index (κ1) is 9.77. The molecule has 2 heterocycles. The number of carbonyl (C=O) groups is 1. The summed E-state index contributed by atoms with van der Waals surface area (Å²) in [5, 5.41) is 3.31. The quantitative estimate of drug-likeness (QED) is 0.630. The standard InChI is InChI=1S/C10H18N2O2/c1-10(2,3)14-9(13)12-5-4-7-8(12)6-11-7/h7-8,11H,4-6H2,1-3H3/t7-,8+/m0/s1. The molecule has 2 fully saturated rings. The van der Waals surface area contributed by atoms with E-state index in [1.165, 1.54) is 0 Å². The van der Waals surface area contributed by atoms with Crippen LogP contribution in [-0.2, 0) is 4.74 Å². The van der Waals surface area contributed by atoms with E-state index in [4.69, 9.17) is 4.74 Å². The predicted octanol–water partition coefficient (Wildman–Crippen LogP) is 0.968. The Morgan fingerprint density at radius 1 is 1.50 bits per heavy atom. The predicted molar refractivity (Wildman–Crippen MR) is 53.1 cm³/mol. The Labute approximate surface area is 84.6 Å². The molecule has 14 heavy (non-hydrogen) atoms. The summed E-state index contributed by atoms with van der Waals surface area (Å²) in [7, 11) is 0. The number of likely N-dealkylation sites (tertiary alicyclic amines) is 1. The summed E-state index contributed by atoms with van der Waals surface area (Å²) in [6.07, 6.45) is 0.899. The lowest BCUT2D eigenvalue weighted by Gasteiger charge is -2.37. The van der Waals surface area contributed by atoms with Gasteiger partial charge in [0.2, 0.25) is 0 Å². The molecule has 1 N–H and O–H groups in total. The van der Waals surface area contributed by atoms with E-state index in [2.05, 4.69) is 5.32 Å². The molecule has 0 bridgehead atoms. The number of nitrogens with one attached hydrogen (secondary N) is 1. The highest BCUT2D eigenvalue weighted by Crippen LogP contribution is 2.25. The van der Waals surface area contributed by atoms with Gasteiger partial charge in [0.15, 0.2) is 0 Å². The van der Waals surface area contributed by atoms with E-state index in [-0.39, 0.29) is 11.7 Å². The smallest absolute Gasteiger partial charge is 0.410 e. The van der Waals surface area contributed by atoms with E-state index in [0.29, 0.717) is 12.1 Å². The molecule has 80 valence electrons. The normalized spacial score (nSPS) is 30.9. The van der Waals surface area contributed by atoms with Crippen LogP contribution in [0.3, 0.4) is 0 Å². The van der Waals surface area contributed by atoms with Crippen molar-refractivity contribution >= 4 is 6.09 Å². The molecule has 0 aromatic carbocycles. The summed E-state index contributed by atoms with van der Waals surface area (Å²) in [5.41, 5.74) is -0.383. The highest BCUT2D eigenvalue weighted by Gasteiger charge is 2.44. The van der Waals surface area contributed by atoms with Gasteiger partial charge in [0.25, 0.3) is 0 Å². The number of hydrogen-bond donors (Lipinski definition) is 1. The zero-order chi connectivity index (χ0) is 10.3. The van der Waals surface area contributed by atoms with Crippen LogP contribution in [0, 0.1) is 0 Å². The van der Waals surface area contributed by atoms with E-state index >= 15 is 0 Å². The number of fused-ring (bicyclic) bond motifs is 1. The zero-order valence-corrected chi connectivity index (χ0v) is 9.04. The van der Waals surface area contributed by atoms with Gasteiger partial charge in [-0.15, -0.1) is 0 Å². The molecule has 0 radical (unpaired) electrons. The van der Waals surface area contributed by atoms with Crippen LogP contribution in [0.4, 0.5) is 4.79 Å². The van der Waals surface area contributed by atoms with Gasteiger partial charge in [0.05, 0.1) is 6.04 Å². The van der Waals surface area contributed by atoms with E-state index in [1.807, 2.05) is 25.7 Å². The summed E-state index contributed by atoms with van der Waals surface area (Å²) in [4.78, 5) is 13.6. The van der Waals surface area contributed by atoms with Gasteiger partial charge in [-0.2, -0.15) is 0 Å². The molecule has 2 atom stereocenters. The fourth-order valence-electron chi connectivity index (χ4n) is 2.00. The number of amides is 1. The summed E-state index contributed by atoms with van der Waals surface area (Å²) < 4.78 is 5.33. The molecule has 0 aromatic rings. The Kier molecular flexibility index (Phi) is 2.18. The highest BCUT2D eigenvalue weighted by atomic mass is 16.6. The topological polar surface area (TPSA) is 41.6 Å². The van der Waals surface area contributed by atoms with Gasteiger partial charge in [-0.25, -0.2) is 4.79 Å². The molecule has 1 amide bonds. The third-order valence-electron chi connectivity index (χ3n) is 2.76. The molecular weight excluding hydrogens is 180 g/mol. The lowest BCUT2D eigenvalue weighted by atomic mass is 10.0. The summed E-state index contributed by atoms with van der Waals surface area (Å²) in [5.74, 6) is 0. The molecule has 2 saturated heterocycles. The first-order valence-corrected chi connectivity index (χ1v) is 5.20. The van der Waals surface area contributed by atoms with Gasteiger partial charge in [0, 0.05) is 19.1 Å². The lowest BCUT2D eigenvalue weighted by molar-refractivity contribution is 0.0171. The number of nitrogens with zero attached hydrogens (tertiary/aromatic N) is 1. The second kappa shape index (κ2) is 3.12. The van der Waals surface area contributed by atoms with Gasteiger partial charge in [-0.1, -0.05) is 0 Å². The molecule has 0 saturated carbocycles. The molecule has 0 aliphatic carbocycles. The van der Waals surface area contributed by atoms with Crippen LogP contribution in [0.2, 0.25) is 0 Å². The molecule has 0 spiro atoms. The maximum Gasteiger partial charge on any atom is 0.410 e. The second-order valence-electron chi connectivity index (χ2n) is 5.04. The van der Waals surface area contributed by atoms with Gasteiger partial charge >= 0.3 is 6.09 Å². The second-order valence-corrected chi connectivity index (χ2v) is 5.04. The van der Waals surface area contributed by atoms with Crippen molar-refractivity contribution in [2.75, 3.05) is 13.1 Å². The zero-order valence-electron chi connectivity index (χ0n) is 9.04. The van der Waals surface area contributed by atoms with Crippen LogP contribution in [0.1, 0.15) is 27.2 Å². The molecule has 2 aliphatic heterocycles. The fourth-order valence-corrected chi connectivity index (χ4v) is 2.00. The van der Waals surface area contributed by atoms with Crippen molar-refractivity contribution < 1.29 is 9.53 Å². The van der Waals surface area contributed by atoms with E-state index in [0.717, 1.165) is 19.5 Å². The molecule has 2 aliphatic rings. The monoisotopic (exact) mass is 198 g/mol. The summed E-state index contributed by atoms with van der Waals surface area (Å²) >= 11 is 0. The average Bonchev–Trinajstić information content (AvgIpc) is 2.22. The van der Waals surface area contributed by atoms with Gasteiger partial charge in [-0.05, 0) is 27.2 Å². The Morgan fingerprint density at radius 2 is 2.21 bits per heavy atom. The highest BCUT2D eigenvalue weighted by molar-refractivity contribution is 5.69. The minimum Gasteiger partial charge on any atom is -0.444 e. The number of carbonyl (C=O) groups excluding carboxylic acids is 1. The van der Waals surface area contributed by atoms with Crippen LogP contribution in [0.5, 0.6) is 0 Å². The number of rotatable bonds is 0. The third-order valence-corrected chi connectivity index (χ3v) is 2.76. The minimum atomic E-state index is -0.383. The lowest BCUT2D eigenvalue weighted by Crippen LogP contribution is -2.60. The maximum absolute atomic E-state index is 11.7. The van der Waals surface area contributed by atoms with Crippen molar-refractivity contribution in [2.45, 2.75) is 44.9 Å². The molecule has 4 heteroatoms. The summed E-state index contributed by atoms with van der Waals surface area (Å²) in [6, 6.07) is 0.896. The van der Waals surface area contributed by atoms with Crippen molar-refractivity contribution in [1.29, 1.82) is 0 Å². The molecular formula is C10H18N2O2. The van der Waals surface area contributed by atoms with Gasteiger partial charge in [-0.3, -0.25) is 0 Å². The van der Waals surface area contributed by atoms with Crippen molar-refractivity contribution in [2.24, 2.45) is 0 Å². The van der Waals surface area contributed by atoms with Crippen molar-refractivity contribution in [3.05, 3.63) is 0 Å².